The van der Waals surface area contributed by atoms with Gasteiger partial charge in [0.25, 0.3) is 0 Å². The van der Waals surface area contributed by atoms with Crippen molar-refractivity contribution in [3.05, 3.63) is 37.1 Å². The summed E-state index contributed by atoms with van der Waals surface area (Å²) in [5.41, 5.74) is 0.118. The molecule has 0 aromatic heterocycles. The minimum Gasteiger partial charge on any atom is -0.206 e. The Kier molecular flexibility index (Phi) is 4.25. The molecule has 0 aliphatic carbocycles. The van der Waals surface area contributed by atoms with Crippen LogP contribution in [0.2, 0.25) is 0 Å². The molecule has 74 valence electrons. The highest BCUT2D eigenvalue weighted by molar-refractivity contribution is 14.1. The van der Waals surface area contributed by atoms with Crippen LogP contribution >= 0.6 is 38.5 Å². The zero-order valence-corrected chi connectivity index (χ0v) is 11.0. The van der Waals surface area contributed by atoms with Gasteiger partial charge in [-0.15, -0.1) is 0 Å². The number of hydrogen-bond acceptors (Lipinski definition) is 2. The minimum atomic E-state index is -0.467. The van der Waals surface area contributed by atoms with Crippen molar-refractivity contribution >= 4 is 44.6 Å². The predicted molar refractivity (Wildman–Crippen MR) is 66.0 cm³/mol. The largest absolute Gasteiger partial charge is 0.206 e. The molecule has 15 heavy (non-hydrogen) atoms. The van der Waals surface area contributed by atoms with Gasteiger partial charge in [0.15, 0.2) is 0 Å². The first-order chi connectivity index (χ1) is 7.08. The summed E-state index contributed by atoms with van der Waals surface area (Å²) in [5.74, 6) is -0.467. The van der Waals surface area contributed by atoms with Crippen LogP contribution < -0.4 is 0 Å². The molecule has 0 saturated heterocycles. The molecule has 0 radical (unpaired) electrons. The SMILES string of the molecule is N#CC(C#N)=Cc1cc(I)c(Br)cc1F. The van der Waals surface area contributed by atoms with Crippen LogP contribution in [0.25, 0.3) is 6.08 Å². The van der Waals surface area contributed by atoms with E-state index in [1.54, 1.807) is 18.2 Å². The molecule has 0 aliphatic heterocycles. The summed E-state index contributed by atoms with van der Waals surface area (Å²) in [4.78, 5) is 0. The molecule has 0 spiro atoms. The first kappa shape index (κ1) is 12.2. The second-order valence-electron chi connectivity index (χ2n) is 2.57. The number of benzene rings is 1. The molecule has 0 saturated carbocycles. The van der Waals surface area contributed by atoms with Crippen molar-refractivity contribution in [2.24, 2.45) is 0 Å². The number of nitriles is 2. The molecule has 0 fully saturated rings. The summed E-state index contributed by atoms with van der Waals surface area (Å²) in [6.07, 6.45) is 1.23. The third-order valence-electron chi connectivity index (χ3n) is 1.58. The average molecular weight is 377 g/mol. The van der Waals surface area contributed by atoms with Crippen LogP contribution in [0, 0.1) is 32.0 Å². The maximum absolute atomic E-state index is 13.4. The van der Waals surface area contributed by atoms with Gasteiger partial charge in [-0.2, -0.15) is 10.5 Å². The van der Waals surface area contributed by atoms with Crippen LogP contribution in [0.4, 0.5) is 4.39 Å². The highest BCUT2D eigenvalue weighted by Gasteiger charge is 2.05. The lowest BCUT2D eigenvalue weighted by atomic mass is 10.1. The van der Waals surface area contributed by atoms with E-state index in [9.17, 15) is 4.39 Å². The minimum absolute atomic E-state index is 0.118. The number of hydrogen-bond donors (Lipinski definition) is 0. The number of allylic oxidation sites excluding steroid dienone is 1. The van der Waals surface area contributed by atoms with E-state index in [2.05, 4.69) is 15.9 Å². The van der Waals surface area contributed by atoms with Crippen LogP contribution in [0.5, 0.6) is 0 Å². The molecule has 1 aromatic rings. The van der Waals surface area contributed by atoms with Gasteiger partial charge in [-0.25, -0.2) is 4.39 Å². The normalized spacial score (nSPS) is 8.87. The van der Waals surface area contributed by atoms with Gasteiger partial charge in [0, 0.05) is 13.6 Å². The Morgan fingerprint density at radius 1 is 1.40 bits per heavy atom. The molecule has 5 heteroatoms. The van der Waals surface area contributed by atoms with Crippen molar-refractivity contribution in [2.75, 3.05) is 0 Å². The molecular formula is C10H3BrFIN2. The standard InChI is InChI=1S/C10H3BrFIN2/c11-8-3-9(12)7(2-10(8)13)1-6(4-14)5-15/h1-3H. The van der Waals surface area contributed by atoms with E-state index >= 15 is 0 Å². The summed E-state index contributed by atoms with van der Waals surface area (Å²) in [7, 11) is 0. The van der Waals surface area contributed by atoms with Crippen molar-refractivity contribution in [2.45, 2.75) is 0 Å². The van der Waals surface area contributed by atoms with Crippen molar-refractivity contribution in [1.29, 1.82) is 10.5 Å². The Bertz CT molecular complexity index is 495. The van der Waals surface area contributed by atoms with Crippen LogP contribution in [0.1, 0.15) is 5.56 Å². The number of rotatable bonds is 1. The summed E-state index contributed by atoms with van der Waals surface area (Å²) in [5, 5.41) is 17.1. The molecule has 2 nitrogen and oxygen atoms in total. The van der Waals surface area contributed by atoms with Gasteiger partial charge in [0.1, 0.15) is 23.5 Å². The molecular weight excluding hydrogens is 374 g/mol. The van der Waals surface area contributed by atoms with Crippen LogP contribution in [0.15, 0.2) is 22.2 Å². The highest BCUT2D eigenvalue weighted by Crippen LogP contribution is 2.24. The van der Waals surface area contributed by atoms with E-state index in [0.29, 0.717) is 4.47 Å². The van der Waals surface area contributed by atoms with E-state index in [1.165, 1.54) is 12.1 Å². The maximum Gasteiger partial charge on any atom is 0.131 e. The fourth-order valence-electron chi connectivity index (χ4n) is 0.894. The van der Waals surface area contributed by atoms with Crippen molar-refractivity contribution in [1.82, 2.24) is 0 Å². The third kappa shape index (κ3) is 3.01. The zero-order chi connectivity index (χ0) is 11.4. The summed E-state index contributed by atoms with van der Waals surface area (Å²) < 4.78 is 14.8. The van der Waals surface area contributed by atoms with E-state index in [0.717, 1.165) is 3.57 Å². The van der Waals surface area contributed by atoms with E-state index in [4.69, 9.17) is 10.5 Å². The maximum atomic E-state index is 13.4. The third-order valence-corrected chi connectivity index (χ3v) is 3.87. The van der Waals surface area contributed by atoms with Gasteiger partial charge in [0.2, 0.25) is 0 Å². The smallest absolute Gasteiger partial charge is 0.131 e. The van der Waals surface area contributed by atoms with Gasteiger partial charge in [0.05, 0.1) is 0 Å². The zero-order valence-electron chi connectivity index (χ0n) is 7.26. The molecule has 0 amide bonds. The Morgan fingerprint density at radius 3 is 2.53 bits per heavy atom. The lowest BCUT2D eigenvalue weighted by molar-refractivity contribution is 0.623. The van der Waals surface area contributed by atoms with Crippen molar-refractivity contribution in [3.8, 4) is 12.1 Å². The number of halogens is 3. The highest BCUT2D eigenvalue weighted by atomic mass is 127. The lowest BCUT2D eigenvalue weighted by Gasteiger charge is -2.00. The molecule has 0 heterocycles. The first-order valence-corrected chi connectivity index (χ1v) is 5.62. The van der Waals surface area contributed by atoms with E-state index in [1.807, 2.05) is 22.6 Å². The molecule has 0 N–H and O–H groups in total. The predicted octanol–water partition coefficient (Wildman–Crippen LogP) is 3.62. The van der Waals surface area contributed by atoms with Gasteiger partial charge >= 0.3 is 0 Å². The molecule has 0 unspecified atom stereocenters. The van der Waals surface area contributed by atoms with Crippen molar-refractivity contribution < 1.29 is 4.39 Å². The van der Waals surface area contributed by atoms with E-state index < -0.39 is 5.82 Å². The van der Waals surface area contributed by atoms with Crippen LogP contribution in [-0.4, -0.2) is 0 Å². The quantitative estimate of drug-likeness (QED) is 0.427. The first-order valence-electron chi connectivity index (χ1n) is 3.75. The topological polar surface area (TPSA) is 47.6 Å². The van der Waals surface area contributed by atoms with Gasteiger partial charge < -0.3 is 0 Å². The lowest BCUT2D eigenvalue weighted by Crippen LogP contribution is -1.86. The molecule has 0 atom stereocenters. The van der Waals surface area contributed by atoms with E-state index in [-0.39, 0.29) is 11.1 Å². The Labute approximate surface area is 108 Å². The second kappa shape index (κ2) is 5.24. The van der Waals surface area contributed by atoms with Crippen molar-refractivity contribution in [3.63, 3.8) is 0 Å². The average Bonchev–Trinajstić information content (AvgIpc) is 2.21. The molecule has 1 aromatic carbocycles. The monoisotopic (exact) mass is 376 g/mol. The Hall–Kier alpha value is -0.920. The molecule has 1 rings (SSSR count). The number of nitrogens with zero attached hydrogens (tertiary/aromatic N) is 2. The van der Waals surface area contributed by atoms with Crippen LogP contribution in [-0.2, 0) is 0 Å². The van der Waals surface area contributed by atoms with Gasteiger partial charge in [-0.3, -0.25) is 0 Å². The van der Waals surface area contributed by atoms with Gasteiger partial charge in [-0.1, -0.05) is 0 Å². The Morgan fingerprint density at radius 2 is 2.00 bits per heavy atom. The fraction of sp³-hybridized carbons (Fsp3) is 0. The van der Waals surface area contributed by atoms with Gasteiger partial charge in [-0.05, 0) is 56.7 Å². The molecule has 0 aliphatic rings. The Balaban J connectivity index is 3.30. The summed E-state index contributed by atoms with van der Waals surface area (Å²) in [6, 6.07) is 6.23. The fourth-order valence-corrected chi connectivity index (χ4v) is 1.70. The second-order valence-corrected chi connectivity index (χ2v) is 4.59. The van der Waals surface area contributed by atoms with Crippen LogP contribution in [0.3, 0.4) is 0 Å². The summed E-state index contributed by atoms with van der Waals surface area (Å²) >= 11 is 5.21. The summed E-state index contributed by atoms with van der Waals surface area (Å²) in [6.45, 7) is 0. The molecule has 0 bridgehead atoms.